The molecule has 0 aliphatic heterocycles. The summed E-state index contributed by atoms with van der Waals surface area (Å²) in [4.78, 5) is 21.8. The van der Waals surface area contributed by atoms with Gasteiger partial charge in [-0.05, 0) is 18.2 Å². The Hall–Kier alpha value is -0.930. The summed E-state index contributed by atoms with van der Waals surface area (Å²) in [5, 5.41) is 0. The Labute approximate surface area is 131 Å². The number of carbonyl (C=O) groups excluding carboxylic acids is 2. The van der Waals surface area contributed by atoms with Gasteiger partial charge in [0.1, 0.15) is 4.90 Å². The maximum atomic E-state index is 11.3. The van der Waals surface area contributed by atoms with Crippen LogP contribution in [0.15, 0.2) is 23.1 Å². The van der Waals surface area contributed by atoms with E-state index in [4.69, 9.17) is 4.55 Å². The first-order valence-electron chi connectivity index (χ1n) is 4.59. The van der Waals surface area contributed by atoms with Gasteiger partial charge < -0.3 is 9.47 Å². The number of methoxy groups -OCH3 is 2. The molecule has 0 aliphatic carbocycles. The number of benzene rings is 1. The van der Waals surface area contributed by atoms with Crippen LogP contribution in [0.25, 0.3) is 0 Å². The molecule has 0 aromatic heterocycles. The third-order valence-corrected chi connectivity index (χ3v) is 2.98. The van der Waals surface area contributed by atoms with Crippen LogP contribution in [0.4, 0.5) is 0 Å². The molecule has 0 atom stereocenters. The van der Waals surface area contributed by atoms with Gasteiger partial charge in [0.05, 0.1) is 25.3 Å². The molecule has 1 rings (SSSR count). The summed E-state index contributed by atoms with van der Waals surface area (Å²) in [5.41, 5.74) is -0.481. The van der Waals surface area contributed by atoms with Gasteiger partial charge in [0.25, 0.3) is 10.1 Å². The Balaban J connectivity index is 0.00000324. The summed E-state index contributed by atoms with van der Waals surface area (Å²) in [7, 11) is -2.49. The van der Waals surface area contributed by atoms with Gasteiger partial charge in [-0.1, -0.05) is 0 Å². The Morgan fingerprint density at radius 2 is 1.63 bits per heavy atom. The number of carbonyl (C=O) groups is 2. The molecule has 0 radical (unpaired) electrons. The molecule has 0 unspecified atom stereocenters. The van der Waals surface area contributed by atoms with E-state index in [2.05, 4.69) is 9.47 Å². The molecule has 19 heavy (non-hydrogen) atoms. The fourth-order valence-corrected chi connectivity index (χ4v) is 1.96. The van der Waals surface area contributed by atoms with Crippen molar-refractivity contribution in [3.05, 3.63) is 29.3 Å². The predicted molar refractivity (Wildman–Crippen MR) is 66.1 cm³/mol. The van der Waals surface area contributed by atoms with Crippen LogP contribution in [0.3, 0.4) is 0 Å². The number of ether oxygens (including phenoxy) is 2. The molecule has 0 spiro atoms. The van der Waals surface area contributed by atoms with Crippen LogP contribution >= 0.6 is 0 Å². The zero-order valence-corrected chi connectivity index (χ0v) is 10.4. The van der Waals surface area contributed by atoms with Gasteiger partial charge in [-0.15, -0.1) is 0 Å². The first-order valence-corrected chi connectivity index (χ1v) is 6.03. The molecule has 0 amide bonds. The molecule has 0 heterocycles. The molecule has 1 aromatic carbocycles. The van der Waals surface area contributed by atoms with Crippen LogP contribution in [-0.2, 0) is 19.6 Å². The standard InChI is InChI=1S/C10H10O7S.Na.H/c1-16-9(11)6-3-4-7(10(12)17-2)8(5-6)18(13,14)15;;/h3-5H,1-2H3,(H,13,14,15);;. The number of hydrogen-bond acceptors (Lipinski definition) is 6. The molecule has 0 bridgehead atoms. The van der Waals surface area contributed by atoms with Crippen molar-refractivity contribution >= 4 is 51.6 Å². The van der Waals surface area contributed by atoms with Gasteiger partial charge in [0.15, 0.2) is 0 Å². The van der Waals surface area contributed by atoms with Gasteiger partial charge >= 0.3 is 41.5 Å². The van der Waals surface area contributed by atoms with Crippen molar-refractivity contribution in [3.8, 4) is 0 Å². The molecule has 9 heteroatoms. The minimum absolute atomic E-state index is 0. The molecule has 7 nitrogen and oxygen atoms in total. The Kier molecular flexibility index (Phi) is 6.67. The summed E-state index contributed by atoms with van der Waals surface area (Å²) in [6, 6.07) is 3.08. The van der Waals surface area contributed by atoms with Gasteiger partial charge in [-0.25, -0.2) is 9.59 Å². The maximum absolute atomic E-state index is 11.3. The van der Waals surface area contributed by atoms with Gasteiger partial charge in [-0.2, -0.15) is 8.42 Å². The second kappa shape index (κ2) is 7.01. The second-order valence-electron chi connectivity index (χ2n) is 3.17. The fraction of sp³-hybridized carbons (Fsp3) is 0.200. The zero-order chi connectivity index (χ0) is 13.9. The summed E-state index contributed by atoms with van der Waals surface area (Å²) in [6.07, 6.45) is 0. The molecule has 1 aromatic rings. The predicted octanol–water partition coefficient (Wildman–Crippen LogP) is -0.142. The van der Waals surface area contributed by atoms with Crippen molar-refractivity contribution < 1.29 is 32.0 Å². The number of esters is 2. The average molecular weight is 298 g/mol. The Morgan fingerprint density at radius 3 is 2.05 bits per heavy atom. The Bertz CT molecular complexity index is 594. The minimum atomic E-state index is -4.66. The molecule has 1 N–H and O–H groups in total. The van der Waals surface area contributed by atoms with Gasteiger partial charge in [0, 0.05) is 0 Å². The van der Waals surface area contributed by atoms with Crippen LogP contribution in [0.5, 0.6) is 0 Å². The fourth-order valence-electron chi connectivity index (χ4n) is 1.26. The average Bonchev–Trinajstić information content (AvgIpc) is 2.35. The van der Waals surface area contributed by atoms with Crippen molar-refractivity contribution in [2.24, 2.45) is 0 Å². The summed E-state index contributed by atoms with van der Waals surface area (Å²) >= 11 is 0. The van der Waals surface area contributed by atoms with E-state index in [0.717, 1.165) is 26.4 Å². The summed E-state index contributed by atoms with van der Waals surface area (Å²) < 4.78 is 40.0. The van der Waals surface area contributed by atoms with E-state index in [9.17, 15) is 18.0 Å². The summed E-state index contributed by atoms with van der Waals surface area (Å²) in [5.74, 6) is -1.74. The third-order valence-electron chi connectivity index (χ3n) is 2.09. The van der Waals surface area contributed by atoms with E-state index in [1.54, 1.807) is 0 Å². The van der Waals surface area contributed by atoms with Crippen LogP contribution in [0.2, 0.25) is 0 Å². The van der Waals surface area contributed by atoms with Crippen molar-refractivity contribution in [3.63, 3.8) is 0 Å². The first-order chi connectivity index (χ1) is 8.31. The molecule has 0 fully saturated rings. The van der Waals surface area contributed by atoms with E-state index in [-0.39, 0.29) is 40.7 Å². The summed E-state index contributed by atoms with van der Waals surface area (Å²) in [6.45, 7) is 0. The van der Waals surface area contributed by atoms with Gasteiger partial charge in [0.2, 0.25) is 0 Å². The second-order valence-corrected chi connectivity index (χ2v) is 4.56. The third kappa shape index (κ3) is 4.29. The van der Waals surface area contributed by atoms with E-state index in [0.29, 0.717) is 0 Å². The Morgan fingerprint density at radius 1 is 1.11 bits per heavy atom. The zero-order valence-electron chi connectivity index (χ0n) is 9.54. The van der Waals surface area contributed by atoms with Crippen LogP contribution < -0.4 is 0 Å². The normalized spacial score (nSPS) is 10.3. The van der Waals surface area contributed by atoms with Crippen LogP contribution in [0.1, 0.15) is 20.7 Å². The van der Waals surface area contributed by atoms with Crippen LogP contribution in [0, 0.1) is 0 Å². The van der Waals surface area contributed by atoms with Gasteiger partial charge in [-0.3, -0.25) is 4.55 Å². The molecular formula is C10H11NaO7S. The SMILES string of the molecule is COC(=O)c1ccc(C(=O)OC)c(S(=O)(=O)O)c1.[NaH]. The number of hydrogen-bond donors (Lipinski definition) is 1. The van der Waals surface area contributed by atoms with E-state index in [1.165, 1.54) is 6.07 Å². The molecular weight excluding hydrogens is 287 g/mol. The molecule has 0 saturated carbocycles. The van der Waals surface area contributed by atoms with Crippen molar-refractivity contribution in [1.29, 1.82) is 0 Å². The molecule has 100 valence electrons. The molecule has 0 saturated heterocycles. The topological polar surface area (TPSA) is 107 Å². The van der Waals surface area contributed by atoms with Crippen molar-refractivity contribution in [2.45, 2.75) is 4.90 Å². The van der Waals surface area contributed by atoms with E-state index < -0.39 is 27.0 Å². The first kappa shape index (κ1) is 18.1. The quantitative estimate of drug-likeness (QED) is 0.470. The van der Waals surface area contributed by atoms with Crippen molar-refractivity contribution in [1.82, 2.24) is 0 Å². The van der Waals surface area contributed by atoms with E-state index >= 15 is 0 Å². The van der Waals surface area contributed by atoms with Crippen molar-refractivity contribution in [2.75, 3.05) is 14.2 Å². The van der Waals surface area contributed by atoms with Crippen LogP contribution in [-0.4, -0.2) is 68.7 Å². The van der Waals surface area contributed by atoms with E-state index in [1.807, 2.05) is 0 Å². The number of rotatable bonds is 3. The molecule has 0 aliphatic rings. The monoisotopic (exact) mass is 298 g/mol.